The van der Waals surface area contributed by atoms with Crippen molar-refractivity contribution in [2.45, 2.75) is 46.7 Å². The molecule has 0 aliphatic carbocycles. The van der Waals surface area contributed by atoms with Crippen LogP contribution < -0.4 is 10.2 Å². The lowest BCUT2D eigenvalue weighted by Crippen LogP contribution is -2.44. The van der Waals surface area contributed by atoms with E-state index in [4.69, 9.17) is 4.98 Å². The molecular formula is C26H31N3O3S. The molecule has 1 unspecified atom stereocenters. The Kier molecular flexibility index (Phi) is 8.22. The Hall–Kier alpha value is -3.19. The van der Waals surface area contributed by atoms with Crippen LogP contribution in [0.2, 0.25) is 0 Å². The van der Waals surface area contributed by atoms with Crippen molar-refractivity contribution in [3.63, 3.8) is 0 Å². The summed E-state index contributed by atoms with van der Waals surface area (Å²) in [6, 6.07) is 16.8. The summed E-state index contributed by atoms with van der Waals surface area (Å²) < 4.78 is 0. The highest BCUT2D eigenvalue weighted by atomic mass is 32.1. The van der Waals surface area contributed by atoms with Crippen LogP contribution >= 0.6 is 11.3 Å². The second kappa shape index (κ2) is 11.1. The van der Waals surface area contributed by atoms with Crippen molar-refractivity contribution in [2.75, 3.05) is 11.4 Å². The van der Waals surface area contributed by atoms with Crippen LogP contribution in [0.15, 0.2) is 54.6 Å². The Morgan fingerprint density at radius 3 is 2.24 bits per heavy atom. The van der Waals surface area contributed by atoms with Gasteiger partial charge in [-0.3, -0.25) is 4.79 Å². The van der Waals surface area contributed by atoms with Crippen LogP contribution in [-0.4, -0.2) is 34.6 Å². The fourth-order valence-corrected chi connectivity index (χ4v) is 4.40. The maximum absolute atomic E-state index is 12.5. The summed E-state index contributed by atoms with van der Waals surface area (Å²) in [6.45, 7) is 9.15. The minimum Gasteiger partial charge on any atom is -0.480 e. The monoisotopic (exact) mass is 465 g/mol. The molecule has 0 spiro atoms. The molecule has 2 N–H and O–H groups in total. The Morgan fingerprint density at radius 2 is 1.70 bits per heavy atom. The predicted molar refractivity (Wildman–Crippen MR) is 133 cm³/mol. The molecule has 1 aromatic heterocycles. The molecule has 0 aliphatic heterocycles. The number of nitrogens with one attached hydrogen (secondary N) is 1. The molecule has 0 saturated heterocycles. The summed E-state index contributed by atoms with van der Waals surface area (Å²) >= 11 is 1.69. The van der Waals surface area contributed by atoms with Crippen LogP contribution in [0.1, 0.15) is 45.9 Å². The van der Waals surface area contributed by atoms with Gasteiger partial charge in [0.25, 0.3) is 5.91 Å². The highest BCUT2D eigenvalue weighted by Crippen LogP contribution is 2.27. The Balaban J connectivity index is 1.72. The molecule has 33 heavy (non-hydrogen) atoms. The van der Waals surface area contributed by atoms with Gasteiger partial charge in [-0.2, -0.15) is 0 Å². The minimum absolute atomic E-state index is 0.200. The Labute approximate surface area is 199 Å². The molecule has 3 aromatic rings. The van der Waals surface area contributed by atoms with Crippen LogP contribution in [-0.2, 0) is 17.8 Å². The van der Waals surface area contributed by atoms with Crippen LogP contribution in [0.3, 0.4) is 0 Å². The number of hydrogen-bond donors (Lipinski definition) is 2. The van der Waals surface area contributed by atoms with Gasteiger partial charge in [0, 0.05) is 23.5 Å². The van der Waals surface area contributed by atoms with E-state index in [-0.39, 0.29) is 11.8 Å². The fourth-order valence-electron chi connectivity index (χ4n) is 3.46. The number of aromatic nitrogens is 1. The highest BCUT2D eigenvalue weighted by molar-refractivity contribution is 7.15. The third-order valence-electron chi connectivity index (χ3n) is 5.61. The number of benzene rings is 2. The number of aliphatic carboxylic acids is 1. The first-order chi connectivity index (χ1) is 15.7. The molecule has 2 aromatic carbocycles. The zero-order chi connectivity index (χ0) is 24.0. The number of carbonyl (C=O) groups is 2. The van der Waals surface area contributed by atoms with E-state index < -0.39 is 12.0 Å². The number of rotatable bonds is 10. The third-order valence-corrected chi connectivity index (χ3v) is 6.74. The van der Waals surface area contributed by atoms with Crippen LogP contribution in [0, 0.1) is 19.8 Å². The van der Waals surface area contributed by atoms with Crippen LogP contribution in [0.25, 0.3) is 0 Å². The summed E-state index contributed by atoms with van der Waals surface area (Å²) in [5.74, 6) is -1.61. The smallest absolute Gasteiger partial charge is 0.326 e. The van der Waals surface area contributed by atoms with Crippen LogP contribution in [0.4, 0.5) is 5.13 Å². The molecule has 3 rings (SSSR count). The van der Waals surface area contributed by atoms with E-state index in [2.05, 4.69) is 41.4 Å². The van der Waals surface area contributed by atoms with Gasteiger partial charge < -0.3 is 15.3 Å². The molecule has 0 bridgehead atoms. The van der Waals surface area contributed by atoms with Gasteiger partial charge in [-0.1, -0.05) is 56.3 Å². The molecule has 7 heteroatoms. The standard InChI is InChI=1S/C26H31N3O3S/c1-17(2)23(25(31)32)28-24(30)22-12-10-21(11-13-22)16-29(26-27-18(3)19(4)33-26)15-14-20-8-6-5-7-9-20/h5-13,17,23H,14-16H2,1-4H3,(H,28,30)(H,31,32). The van der Waals surface area contributed by atoms with Gasteiger partial charge in [0.2, 0.25) is 0 Å². The molecule has 1 amide bonds. The van der Waals surface area contributed by atoms with Gasteiger partial charge >= 0.3 is 5.97 Å². The molecule has 0 saturated carbocycles. The Morgan fingerprint density at radius 1 is 1.03 bits per heavy atom. The van der Waals surface area contributed by atoms with Crippen molar-refractivity contribution in [1.82, 2.24) is 10.3 Å². The largest absolute Gasteiger partial charge is 0.480 e. The lowest BCUT2D eigenvalue weighted by molar-refractivity contribution is -0.140. The lowest BCUT2D eigenvalue weighted by atomic mass is 10.0. The average molecular weight is 466 g/mol. The number of hydrogen-bond acceptors (Lipinski definition) is 5. The quantitative estimate of drug-likeness (QED) is 0.447. The summed E-state index contributed by atoms with van der Waals surface area (Å²) in [4.78, 5) is 32.1. The summed E-state index contributed by atoms with van der Waals surface area (Å²) in [6.07, 6.45) is 0.908. The van der Waals surface area contributed by atoms with E-state index in [0.717, 1.165) is 29.4 Å². The average Bonchev–Trinajstić information content (AvgIpc) is 3.13. The first-order valence-corrected chi connectivity index (χ1v) is 11.9. The molecule has 174 valence electrons. The first-order valence-electron chi connectivity index (χ1n) is 11.1. The number of amides is 1. The van der Waals surface area contributed by atoms with Crippen molar-refractivity contribution in [3.8, 4) is 0 Å². The molecule has 6 nitrogen and oxygen atoms in total. The van der Waals surface area contributed by atoms with Crippen molar-refractivity contribution in [1.29, 1.82) is 0 Å². The van der Waals surface area contributed by atoms with Gasteiger partial charge in [-0.15, -0.1) is 11.3 Å². The van der Waals surface area contributed by atoms with Crippen molar-refractivity contribution < 1.29 is 14.7 Å². The lowest BCUT2D eigenvalue weighted by Gasteiger charge is -2.22. The second-order valence-corrected chi connectivity index (χ2v) is 9.71. The number of carboxylic acid groups (broad SMARTS) is 1. The van der Waals surface area contributed by atoms with E-state index >= 15 is 0 Å². The number of carbonyl (C=O) groups excluding carboxylic acids is 1. The van der Waals surface area contributed by atoms with Crippen molar-refractivity contribution in [3.05, 3.63) is 81.9 Å². The summed E-state index contributed by atoms with van der Waals surface area (Å²) in [5, 5.41) is 12.9. The number of nitrogens with zero attached hydrogens (tertiary/aromatic N) is 2. The van der Waals surface area contributed by atoms with E-state index in [1.54, 1.807) is 37.3 Å². The highest BCUT2D eigenvalue weighted by Gasteiger charge is 2.24. The number of thiazole rings is 1. The molecule has 0 aliphatic rings. The normalized spacial score (nSPS) is 11.9. The van der Waals surface area contributed by atoms with Gasteiger partial charge in [-0.05, 0) is 49.4 Å². The molecule has 0 radical (unpaired) electrons. The zero-order valence-electron chi connectivity index (χ0n) is 19.5. The van der Waals surface area contributed by atoms with E-state index in [9.17, 15) is 14.7 Å². The van der Waals surface area contributed by atoms with Crippen molar-refractivity contribution in [2.24, 2.45) is 5.92 Å². The van der Waals surface area contributed by atoms with Crippen molar-refractivity contribution >= 4 is 28.3 Å². The zero-order valence-corrected chi connectivity index (χ0v) is 20.4. The number of anilines is 1. The van der Waals surface area contributed by atoms with Gasteiger partial charge in [0.15, 0.2) is 5.13 Å². The SMILES string of the molecule is Cc1nc(N(CCc2ccccc2)Cc2ccc(C(=O)NC(C(=O)O)C(C)C)cc2)sc1C. The third kappa shape index (κ3) is 6.65. The maximum atomic E-state index is 12.5. The molecule has 1 atom stereocenters. The van der Waals surface area contributed by atoms with Crippen LogP contribution in [0.5, 0.6) is 0 Å². The summed E-state index contributed by atoms with van der Waals surface area (Å²) in [7, 11) is 0. The second-order valence-electron chi connectivity index (χ2n) is 8.53. The summed E-state index contributed by atoms with van der Waals surface area (Å²) in [5.41, 5.74) is 3.83. The van der Waals surface area contributed by atoms with Gasteiger partial charge in [-0.25, -0.2) is 9.78 Å². The first kappa shape index (κ1) is 24.5. The molecular weight excluding hydrogens is 434 g/mol. The predicted octanol–water partition coefficient (Wildman–Crippen LogP) is 4.85. The molecule has 0 fully saturated rings. The van der Waals surface area contributed by atoms with E-state index in [1.165, 1.54) is 10.4 Å². The van der Waals surface area contributed by atoms with Gasteiger partial charge in [0.1, 0.15) is 6.04 Å². The van der Waals surface area contributed by atoms with E-state index in [0.29, 0.717) is 12.1 Å². The van der Waals surface area contributed by atoms with Gasteiger partial charge in [0.05, 0.1) is 5.69 Å². The number of carboxylic acids is 1. The fraction of sp³-hybridized carbons (Fsp3) is 0.346. The topological polar surface area (TPSA) is 82.5 Å². The maximum Gasteiger partial charge on any atom is 0.326 e. The minimum atomic E-state index is -1.03. The van der Waals surface area contributed by atoms with E-state index in [1.807, 2.05) is 25.1 Å². The Bertz CT molecular complexity index is 1060. The number of aryl methyl sites for hydroxylation is 2. The molecule has 1 heterocycles.